The maximum Gasteiger partial charge on any atom is 0.295 e. The third-order valence-electron chi connectivity index (χ3n) is 6.42. The highest BCUT2D eigenvalue weighted by atomic mass is 16.6. The van der Waals surface area contributed by atoms with E-state index in [1.807, 2.05) is 24.3 Å². The average Bonchev–Trinajstić information content (AvgIpc) is 3.45. The molecule has 0 spiro atoms. The van der Waals surface area contributed by atoms with Gasteiger partial charge in [0, 0.05) is 11.6 Å². The van der Waals surface area contributed by atoms with Crippen molar-refractivity contribution in [2.75, 3.05) is 20.3 Å². The summed E-state index contributed by atoms with van der Waals surface area (Å²) in [6, 6.07) is 11.6. The molecule has 32 heavy (non-hydrogen) atoms. The highest BCUT2D eigenvalue weighted by Gasteiger charge is 2.49. The summed E-state index contributed by atoms with van der Waals surface area (Å²) in [4.78, 5) is 28.0. The van der Waals surface area contributed by atoms with E-state index >= 15 is 0 Å². The molecular formula is C25H25NO6. The zero-order valence-corrected chi connectivity index (χ0v) is 17.9. The molecule has 1 amide bonds. The maximum atomic E-state index is 13.2. The second-order valence-corrected chi connectivity index (χ2v) is 8.28. The molecule has 0 bridgehead atoms. The van der Waals surface area contributed by atoms with E-state index in [9.17, 15) is 14.7 Å². The molecule has 0 aromatic heterocycles. The molecule has 1 unspecified atom stereocenters. The van der Waals surface area contributed by atoms with Gasteiger partial charge in [-0.2, -0.15) is 0 Å². The lowest BCUT2D eigenvalue weighted by Gasteiger charge is -2.31. The number of ether oxygens (including phenoxy) is 3. The van der Waals surface area contributed by atoms with Gasteiger partial charge >= 0.3 is 0 Å². The number of likely N-dealkylation sites (tertiary alicyclic amines) is 1. The second kappa shape index (κ2) is 8.22. The minimum Gasteiger partial charge on any atom is -0.507 e. The van der Waals surface area contributed by atoms with Crippen molar-refractivity contribution >= 4 is 17.4 Å². The van der Waals surface area contributed by atoms with Crippen molar-refractivity contribution in [2.24, 2.45) is 0 Å². The van der Waals surface area contributed by atoms with Crippen LogP contribution in [-0.2, 0) is 9.59 Å². The van der Waals surface area contributed by atoms with Gasteiger partial charge in [0.25, 0.3) is 11.7 Å². The van der Waals surface area contributed by atoms with Crippen LogP contribution >= 0.6 is 0 Å². The average molecular weight is 435 g/mol. The Morgan fingerprint density at radius 3 is 2.53 bits per heavy atom. The topological polar surface area (TPSA) is 85.3 Å². The zero-order chi connectivity index (χ0) is 22.2. The van der Waals surface area contributed by atoms with Crippen LogP contribution in [0.3, 0.4) is 0 Å². The van der Waals surface area contributed by atoms with Crippen molar-refractivity contribution in [1.29, 1.82) is 0 Å². The fourth-order valence-corrected chi connectivity index (χ4v) is 4.89. The van der Waals surface area contributed by atoms with Gasteiger partial charge in [-0.15, -0.1) is 0 Å². The van der Waals surface area contributed by atoms with Crippen molar-refractivity contribution < 1.29 is 28.9 Å². The van der Waals surface area contributed by atoms with Crippen molar-refractivity contribution in [3.63, 3.8) is 0 Å². The second-order valence-electron chi connectivity index (χ2n) is 8.28. The van der Waals surface area contributed by atoms with E-state index in [0.29, 0.717) is 36.0 Å². The van der Waals surface area contributed by atoms with Crippen molar-refractivity contribution in [3.05, 3.63) is 59.2 Å². The first-order valence-electron chi connectivity index (χ1n) is 10.9. The number of hydrogen-bond acceptors (Lipinski definition) is 6. The summed E-state index contributed by atoms with van der Waals surface area (Å²) in [5.41, 5.74) is 1.23. The lowest BCUT2D eigenvalue weighted by molar-refractivity contribution is -0.141. The van der Waals surface area contributed by atoms with Crippen molar-refractivity contribution in [2.45, 2.75) is 37.8 Å². The number of nitrogens with zero attached hydrogens (tertiary/aromatic N) is 1. The molecular weight excluding hydrogens is 410 g/mol. The molecule has 2 aliphatic heterocycles. The predicted octanol–water partition coefficient (Wildman–Crippen LogP) is 3.83. The number of ketones is 1. The minimum absolute atomic E-state index is 0.0341. The number of aliphatic hydroxyl groups is 1. The molecule has 0 radical (unpaired) electrons. The smallest absolute Gasteiger partial charge is 0.295 e. The van der Waals surface area contributed by atoms with E-state index in [4.69, 9.17) is 14.2 Å². The Balaban J connectivity index is 1.65. The first-order chi connectivity index (χ1) is 15.6. The lowest BCUT2D eigenvalue weighted by atomic mass is 9.94. The lowest BCUT2D eigenvalue weighted by Crippen LogP contribution is -2.37. The van der Waals surface area contributed by atoms with Crippen LogP contribution in [0.15, 0.2) is 48.0 Å². The third-order valence-corrected chi connectivity index (χ3v) is 6.42. The summed E-state index contributed by atoms with van der Waals surface area (Å²) in [5.74, 6) is 0.264. The van der Waals surface area contributed by atoms with Crippen LogP contribution in [0.1, 0.15) is 42.9 Å². The molecule has 166 valence electrons. The van der Waals surface area contributed by atoms with Gasteiger partial charge in [0.1, 0.15) is 24.7 Å². The van der Waals surface area contributed by atoms with E-state index in [0.717, 1.165) is 31.2 Å². The Morgan fingerprint density at radius 1 is 1.03 bits per heavy atom. The highest BCUT2D eigenvalue weighted by Crippen LogP contribution is 2.44. The first kappa shape index (κ1) is 20.4. The maximum absolute atomic E-state index is 13.2. The van der Waals surface area contributed by atoms with Crippen LogP contribution in [0.25, 0.3) is 5.76 Å². The molecule has 1 aliphatic carbocycles. The normalized spacial score (nSPS) is 22.4. The first-order valence-corrected chi connectivity index (χ1v) is 10.9. The van der Waals surface area contributed by atoms with Crippen molar-refractivity contribution in [3.8, 4) is 17.2 Å². The highest BCUT2D eigenvalue weighted by molar-refractivity contribution is 6.46. The molecule has 1 atom stereocenters. The third kappa shape index (κ3) is 3.38. The number of rotatable bonds is 4. The van der Waals surface area contributed by atoms with Crippen LogP contribution in [0.2, 0.25) is 0 Å². The Kier molecular flexibility index (Phi) is 5.25. The van der Waals surface area contributed by atoms with Crippen LogP contribution in [0, 0.1) is 0 Å². The molecule has 5 rings (SSSR count). The molecule has 7 nitrogen and oxygen atoms in total. The molecule has 2 fully saturated rings. The largest absolute Gasteiger partial charge is 0.507 e. The van der Waals surface area contributed by atoms with Crippen LogP contribution < -0.4 is 14.2 Å². The number of benzene rings is 2. The van der Waals surface area contributed by atoms with Crippen LogP contribution in [0.4, 0.5) is 0 Å². The molecule has 2 heterocycles. The van der Waals surface area contributed by atoms with Gasteiger partial charge in [-0.05, 0) is 48.7 Å². The van der Waals surface area contributed by atoms with Gasteiger partial charge in [-0.3, -0.25) is 9.59 Å². The molecule has 3 aliphatic rings. The van der Waals surface area contributed by atoms with Gasteiger partial charge in [0.2, 0.25) is 0 Å². The molecule has 1 saturated carbocycles. The van der Waals surface area contributed by atoms with E-state index in [1.54, 1.807) is 30.2 Å². The predicted molar refractivity (Wildman–Crippen MR) is 117 cm³/mol. The standard InChI is InChI=1S/C25H25NO6/c1-30-18-8-4-5-15(13-18)22-21(24(28)25(29)26(22)17-6-2-3-7-17)23(27)16-9-10-19-20(14-16)32-12-11-31-19/h4-5,8-10,13-14,17,22,27H,2-3,6-7,11-12H2,1H3/b23-21-. The van der Waals surface area contributed by atoms with Gasteiger partial charge < -0.3 is 24.2 Å². The van der Waals surface area contributed by atoms with Gasteiger partial charge in [-0.1, -0.05) is 25.0 Å². The summed E-state index contributed by atoms with van der Waals surface area (Å²) in [7, 11) is 1.57. The number of aliphatic hydroxyl groups excluding tert-OH is 1. The summed E-state index contributed by atoms with van der Waals surface area (Å²) in [5, 5.41) is 11.3. The van der Waals surface area contributed by atoms with Crippen LogP contribution in [0.5, 0.6) is 17.2 Å². The number of amides is 1. The van der Waals surface area contributed by atoms with E-state index < -0.39 is 17.7 Å². The number of carbonyl (C=O) groups excluding carboxylic acids is 2. The number of fused-ring (bicyclic) bond motifs is 1. The Morgan fingerprint density at radius 2 is 1.78 bits per heavy atom. The van der Waals surface area contributed by atoms with Crippen molar-refractivity contribution in [1.82, 2.24) is 4.90 Å². The van der Waals surface area contributed by atoms with E-state index in [-0.39, 0.29) is 17.4 Å². The monoisotopic (exact) mass is 435 g/mol. The Hall–Kier alpha value is -3.48. The van der Waals surface area contributed by atoms with E-state index in [1.165, 1.54) is 0 Å². The zero-order valence-electron chi connectivity index (χ0n) is 17.9. The Bertz CT molecular complexity index is 1100. The van der Waals surface area contributed by atoms with Gasteiger partial charge in [0.15, 0.2) is 11.5 Å². The molecule has 2 aromatic rings. The number of carbonyl (C=O) groups is 2. The summed E-state index contributed by atoms with van der Waals surface area (Å²) in [6.45, 7) is 0.869. The number of hydrogen-bond donors (Lipinski definition) is 1. The van der Waals surface area contributed by atoms with Gasteiger partial charge in [-0.25, -0.2) is 0 Å². The fourth-order valence-electron chi connectivity index (χ4n) is 4.89. The summed E-state index contributed by atoms with van der Waals surface area (Å²) in [6.07, 6.45) is 3.72. The molecule has 2 aromatic carbocycles. The quantitative estimate of drug-likeness (QED) is 0.446. The fraction of sp³-hybridized carbons (Fsp3) is 0.360. The van der Waals surface area contributed by atoms with Crippen LogP contribution in [-0.4, -0.2) is 48.1 Å². The molecule has 1 N–H and O–H groups in total. The SMILES string of the molecule is COc1cccc(C2/C(=C(/O)c3ccc4c(c3)OCCO4)C(=O)C(=O)N2C2CCCC2)c1. The van der Waals surface area contributed by atoms with E-state index in [2.05, 4.69) is 0 Å². The molecule has 1 saturated heterocycles. The van der Waals surface area contributed by atoms with Gasteiger partial charge in [0.05, 0.1) is 18.7 Å². The Labute approximate surface area is 186 Å². The molecule has 7 heteroatoms. The summed E-state index contributed by atoms with van der Waals surface area (Å²) >= 11 is 0. The number of methoxy groups -OCH3 is 1. The summed E-state index contributed by atoms with van der Waals surface area (Å²) < 4.78 is 16.6. The number of Topliss-reactive ketones (excluding diaryl/α,β-unsaturated/α-hetero) is 1. The minimum atomic E-state index is -0.679.